The van der Waals surface area contributed by atoms with Crippen LogP contribution >= 0.6 is 12.6 Å². The van der Waals surface area contributed by atoms with Gasteiger partial charge in [0.05, 0.1) is 0 Å². The zero-order chi connectivity index (χ0) is 12.3. The van der Waals surface area contributed by atoms with Gasteiger partial charge in [-0.1, -0.05) is 18.9 Å². The lowest BCUT2D eigenvalue weighted by Gasteiger charge is -2.20. The Labute approximate surface area is 108 Å². The van der Waals surface area contributed by atoms with Gasteiger partial charge in [-0.25, -0.2) is 0 Å². The van der Waals surface area contributed by atoms with Gasteiger partial charge >= 0.3 is 0 Å². The molecule has 1 amide bonds. The van der Waals surface area contributed by atoms with Crippen LogP contribution in [0.3, 0.4) is 0 Å². The van der Waals surface area contributed by atoms with Crippen LogP contribution in [0.4, 0.5) is 0 Å². The molecule has 1 aliphatic rings. The zero-order valence-corrected chi connectivity index (χ0v) is 11.0. The molecule has 1 unspecified atom stereocenters. The van der Waals surface area contributed by atoms with Gasteiger partial charge in [-0.2, -0.15) is 0 Å². The molecule has 1 aliphatic carbocycles. The standard InChI is InChI=1S/C14H19NOS/c1-10(11-5-2-3-6-11)15-14(16)12-7-4-8-13(17)9-12/h4,7-11,17H,2-3,5-6H2,1H3,(H,15,16). The van der Waals surface area contributed by atoms with E-state index in [9.17, 15) is 4.79 Å². The Bertz CT molecular complexity index is 399. The SMILES string of the molecule is CC(NC(=O)c1cccc(S)c1)C1CCCC1. The molecule has 0 bridgehead atoms. The van der Waals surface area contributed by atoms with Crippen molar-refractivity contribution in [3.63, 3.8) is 0 Å². The van der Waals surface area contributed by atoms with Crippen LogP contribution in [-0.4, -0.2) is 11.9 Å². The Kier molecular flexibility index (Phi) is 4.11. The van der Waals surface area contributed by atoms with Crippen LogP contribution in [0, 0.1) is 5.92 Å². The fourth-order valence-corrected chi connectivity index (χ4v) is 2.74. The van der Waals surface area contributed by atoms with Crippen molar-refractivity contribution in [1.29, 1.82) is 0 Å². The lowest BCUT2D eigenvalue weighted by Crippen LogP contribution is -2.37. The van der Waals surface area contributed by atoms with Crippen LogP contribution in [0.15, 0.2) is 29.2 Å². The first-order valence-corrected chi connectivity index (χ1v) is 6.71. The summed E-state index contributed by atoms with van der Waals surface area (Å²) in [6, 6.07) is 7.64. The quantitative estimate of drug-likeness (QED) is 0.791. The van der Waals surface area contributed by atoms with Crippen molar-refractivity contribution in [3.8, 4) is 0 Å². The lowest BCUT2D eigenvalue weighted by atomic mass is 9.99. The number of thiol groups is 1. The Hall–Kier alpha value is -0.960. The Morgan fingerprint density at radius 2 is 2.12 bits per heavy atom. The maximum atomic E-state index is 12.0. The summed E-state index contributed by atoms with van der Waals surface area (Å²) in [5.74, 6) is 0.665. The summed E-state index contributed by atoms with van der Waals surface area (Å²) in [4.78, 5) is 12.8. The van der Waals surface area contributed by atoms with Gasteiger partial charge in [0.1, 0.15) is 0 Å². The molecule has 1 aromatic rings. The van der Waals surface area contributed by atoms with Crippen LogP contribution < -0.4 is 5.32 Å². The first kappa shape index (κ1) is 12.5. The van der Waals surface area contributed by atoms with Gasteiger partial charge in [0.2, 0.25) is 0 Å². The third-order valence-corrected chi connectivity index (χ3v) is 3.85. The highest BCUT2D eigenvalue weighted by molar-refractivity contribution is 7.80. The van der Waals surface area contributed by atoms with Crippen molar-refractivity contribution < 1.29 is 4.79 Å². The highest BCUT2D eigenvalue weighted by Gasteiger charge is 2.22. The van der Waals surface area contributed by atoms with E-state index >= 15 is 0 Å². The number of amides is 1. The monoisotopic (exact) mass is 249 g/mol. The maximum Gasteiger partial charge on any atom is 0.251 e. The summed E-state index contributed by atoms with van der Waals surface area (Å²) in [7, 11) is 0. The molecular weight excluding hydrogens is 230 g/mol. The minimum Gasteiger partial charge on any atom is -0.349 e. The normalized spacial score (nSPS) is 18.0. The molecule has 1 atom stereocenters. The van der Waals surface area contributed by atoms with E-state index < -0.39 is 0 Å². The fourth-order valence-electron chi connectivity index (χ4n) is 2.51. The van der Waals surface area contributed by atoms with Crippen LogP contribution in [0.5, 0.6) is 0 Å². The molecular formula is C14H19NOS. The summed E-state index contributed by atoms with van der Waals surface area (Å²) >= 11 is 4.25. The van der Waals surface area contributed by atoms with E-state index in [1.165, 1.54) is 25.7 Å². The second kappa shape index (κ2) is 5.58. The molecule has 92 valence electrons. The summed E-state index contributed by atoms with van der Waals surface area (Å²) in [5, 5.41) is 3.09. The molecule has 17 heavy (non-hydrogen) atoms. The van der Waals surface area contributed by atoms with Crippen LogP contribution in [0.25, 0.3) is 0 Å². The van der Waals surface area contributed by atoms with Gasteiger partial charge in [-0.3, -0.25) is 4.79 Å². The van der Waals surface area contributed by atoms with E-state index in [1.807, 2.05) is 18.2 Å². The second-order valence-electron chi connectivity index (χ2n) is 4.86. The second-order valence-corrected chi connectivity index (χ2v) is 5.37. The van der Waals surface area contributed by atoms with E-state index in [2.05, 4.69) is 24.9 Å². The minimum absolute atomic E-state index is 0.0142. The van der Waals surface area contributed by atoms with E-state index in [4.69, 9.17) is 0 Å². The predicted octanol–water partition coefficient (Wildman–Crippen LogP) is 3.28. The zero-order valence-electron chi connectivity index (χ0n) is 10.1. The van der Waals surface area contributed by atoms with Crippen molar-refractivity contribution in [2.24, 2.45) is 5.92 Å². The molecule has 0 saturated heterocycles. The molecule has 0 aromatic heterocycles. The van der Waals surface area contributed by atoms with Gasteiger partial charge in [0.25, 0.3) is 5.91 Å². The van der Waals surface area contributed by atoms with Gasteiger partial charge in [0, 0.05) is 16.5 Å². The van der Waals surface area contributed by atoms with E-state index in [0.29, 0.717) is 11.5 Å². The molecule has 2 rings (SSSR count). The molecule has 1 N–H and O–H groups in total. The third-order valence-electron chi connectivity index (χ3n) is 3.57. The lowest BCUT2D eigenvalue weighted by molar-refractivity contribution is 0.0927. The Balaban J connectivity index is 1.96. The maximum absolute atomic E-state index is 12.0. The largest absolute Gasteiger partial charge is 0.349 e. The van der Waals surface area contributed by atoms with Crippen molar-refractivity contribution in [1.82, 2.24) is 5.32 Å². The highest BCUT2D eigenvalue weighted by Crippen LogP contribution is 2.27. The van der Waals surface area contributed by atoms with Crippen molar-refractivity contribution in [3.05, 3.63) is 29.8 Å². The molecule has 1 saturated carbocycles. The molecule has 1 aromatic carbocycles. The minimum atomic E-state index is 0.0142. The fraction of sp³-hybridized carbons (Fsp3) is 0.500. The van der Waals surface area contributed by atoms with E-state index in [0.717, 1.165) is 4.90 Å². The number of hydrogen-bond donors (Lipinski definition) is 2. The third kappa shape index (κ3) is 3.25. The highest BCUT2D eigenvalue weighted by atomic mass is 32.1. The van der Waals surface area contributed by atoms with Crippen molar-refractivity contribution in [2.75, 3.05) is 0 Å². The Morgan fingerprint density at radius 1 is 1.41 bits per heavy atom. The Morgan fingerprint density at radius 3 is 2.76 bits per heavy atom. The number of nitrogens with one attached hydrogen (secondary N) is 1. The number of hydrogen-bond acceptors (Lipinski definition) is 2. The van der Waals surface area contributed by atoms with Crippen molar-refractivity contribution >= 4 is 18.5 Å². The molecule has 0 heterocycles. The number of benzene rings is 1. The number of carbonyl (C=O) groups is 1. The average molecular weight is 249 g/mol. The molecule has 3 heteroatoms. The van der Waals surface area contributed by atoms with Crippen LogP contribution in [0.1, 0.15) is 43.0 Å². The van der Waals surface area contributed by atoms with E-state index in [1.54, 1.807) is 6.07 Å². The van der Waals surface area contributed by atoms with Gasteiger partial charge < -0.3 is 5.32 Å². The smallest absolute Gasteiger partial charge is 0.251 e. The van der Waals surface area contributed by atoms with Gasteiger partial charge in [-0.05, 0) is 43.9 Å². The predicted molar refractivity (Wildman–Crippen MR) is 72.6 cm³/mol. The molecule has 2 nitrogen and oxygen atoms in total. The first-order valence-electron chi connectivity index (χ1n) is 6.26. The van der Waals surface area contributed by atoms with Crippen LogP contribution in [0.2, 0.25) is 0 Å². The average Bonchev–Trinajstić information content (AvgIpc) is 2.82. The van der Waals surface area contributed by atoms with Gasteiger partial charge in [-0.15, -0.1) is 12.6 Å². The summed E-state index contributed by atoms with van der Waals surface area (Å²) < 4.78 is 0. The topological polar surface area (TPSA) is 29.1 Å². The molecule has 0 radical (unpaired) electrons. The molecule has 1 fully saturated rings. The summed E-state index contributed by atoms with van der Waals surface area (Å²) in [5.41, 5.74) is 0.697. The number of rotatable bonds is 3. The molecule has 0 aliphatic heterocycles. The van der Waals surface area contributed by atoms with Gasteiger partial charge in [0.15, 0.2) is 0 Å². The first-order chi connectivity index (χ1) is 8.16. The molecule has 0 spiro atoms. The van der Waals surface area contributed by atoms with Crippen molar-refractivity contribution in [2.45, 2.75) is 43.5 Å². The summed E-state index contributed by atoms with van der Waals surface area (Å²) in [6.07, 6.45) is 5.09. The van der Waals surface area contributed by atoms with Crippen LogP contribution in [-0.2, 0) is 0 Å². The van der Waals surface area contributed by atoms with E-state index in [-0.39, 0.29) is 11.9 Å². The number of carbonyl (C=O) groups excluding carboxylic acids is 1. The summed E-state index contributed by atoms with van der Waals surface area (Å²) in [6.45, 7) is 2.11.